The number of benzene rings is 1. The Balaban J connectivity index is 1.39. The van der Waals surface area contributed by atoms with E-state index < -0.39 is 0 Å². The second kappa shape index (κ2) is 10.5. The molecule has 4 aromatic rings. The first-order valence-corrected chi connectivity index (χ1v) is 13.1. The highest BCUT2D eigenvalue weighted by atomic mass is 32.2. The molecule has 0 aliphatic carbocycles. The minimum absolute atomic E-state index is 0.548. The molecule has 3 aromatic heterocycles. The lowest BCUT2D eigenvalue weighted by atomic mass is 9.96. The van der Waals surface area contributed by atoms with Crippen LogP contribution in [-0.4, -0.2) is 28.0 Å². The highest BCUT2D eigenvalue weighted by Crippen LogP contribution is 2.38. The molecule has 32 heavy (non-hydrogen) atoms. The zero-order valence-corrected chi connectivity index (χ0v) is 19.8. The third-order valence-corrected chi connectivity index (χ3v) is 7.89. The molecule has 0 spiro atoms. The highest BCUT2D eigenvalue weighted by Gasteiger charge is 2.19. The molecule has 2 N–H and O–H groups in total. The number of pyridine rings is 2. The zero-order chi connectivity index (χ0) is 21.6. The molecule has 1 aliphatic heterocycles. The van der Waals surface area contributed by atoms with Crippen molar-refractivity contribution in [3.8, 4) is 0 Å². The number of hydrogen-bond acceptors (Lipinski definition) is 8. The highest BCUT2D eigenvalue weighted by molar-refractivity contribution is 8.00. The molecule has 5 rings (SSSR count). The summed E-state index contributed by atoms with van der Waals surface area (Å²) in [5.74, 6) is 1.38. The van der Waals surface area contributed by atoms with E-state index in [-0.39, 0.29) is 0 Å². The molecule has 1 saturated heterocycles. The summed E-state index contributed by atoms with van der Waals surface area (Å²) in [4.78, 5) is 17.4. The van der Waals surface area contributed by atoms with E-state index in [1.807, 2.05) is 36.7 Å². The number of thiazole rings is 1. The van der Waals surface area contributed by atoms with Crippen molar-refractivity contribution in [1.82, 2.24) is 20.3 Å². The number of aromatic nitrogens is 3. The zero-order valence-electron chi connectivity index (χ0n) is 17.4. The second-order valence-electron chi connectivity index (χ2n) is 7.43. The maximum Gasteiger partial charge on any atom is 0.188 e. The van der Waals surface area contributed by atoms with E-state index in [1.165, 1.54) is 10.6 Å². The maximum atomic E-state index is 4.88. The van der Waals surface area contributed by atoms with E-state index in [0.717, 1.165) is 51.7 Å². The van der Waals surface area contributed by atoms with Crippen molar-refractivity contribution >= 4 is 45.8 Å². The van der Waals surface area contributed by atoms with Crippen LogP contribution in [0.25, 0.3) is 0 Å². The molecular weight excluding hydrogens is 455 g/mol. The molecule has 0 saturated carbocycles. The van der Waals surface area contributed by atoms with Gasteiger partial charge in [-0.2, -0.15) is 0 Å². The number of anilines is 2. The number of nitrogens with zero attached hydrogens (tertiary/aromatic N) is 3. The maximum absolute atomic E-state index is 4.88. The molecule has 4 heterocycles. The van der Waals surface area contributed by atoms with E-state index in [1.54, 1.807) is 34.9 Å². The van der Waals surface area contributed by atoms with Crippen LogP contribution >= 0.6 is 34.9 Å². The van der Waals surface area contributed by atoms with Crippen molar-refractivity contribution < 1.29 is 0 Å². The minimum Gasteiger partial charge on any atom is -0.317 e. The molecule has 5 nitrogen and oxygen atoms in total. The number of rotatable bonds is 7. The molecule has 8 heteroatoms. The summed E-state index contributed by atoms with van der Waals surface area (Å²) >= 11 is 4.97. The smallest absolute Gasteiger partial charge is 0.188 e. The average molecular weight is 478 g/mol. The molecule has 0 amide bonds. The van der Waals surface area contributed by atoms with E-state index in [0.29, 0.717) is 5.92 Å². The Kier molecular flexibility index (Phi) is 7.03. The quantitative estimate of drug-likeness (QED) is 0.317. The fourth-order valence-corrected chi connectivity index (χ4v) is 6.13. The van der Waals surface area contributed by atoms with E-state index in [4.69, 9.17) is 9.97 Å². The fraction of sp³-hybridized carbons (Fsp3) is 0.208. The molecule has 1 fully saturated rings. The van der Waals surface area contributed by atoms with Crippen molar-refractivity contribution in [1.29, 1.82) is 0 Å². The normalized spacial score (nSPS) is 14.4. The van der Waals surface area contributed by atoms with Crippen LogP contribution in [0.2, 0.25) is 0 Å². The SMILES string of the molecule is c1ccc(Sc2cc(Sc3ccccn3)cnc2Nc2nc(C3CCNCC3)cs2)cc1. The van der Waals surface area contributed by atoms with Gasteiger partial charge in [-0.1, -0.05) is 47.8 Å². The minimum atomic E-state index is 0.548. The van der Waals surface area contributed by atoms with Gasteiger partial charge in [0.1, 0.15) is 10.8 Å². The van der Waals surface area contributed by atoms with Gasteiger partial charge in [-0.3, -0.25) is 0 Å². The Morgan fingerprint density at radius 2 is 1.78 bits per heavy atom. The van der Waals surface area contributed by atoms with Crippen molar-refractivity contribution in [2.45, 2.75) is 38.5 Å². The average Bonchev–Trinajstić information content (AvgIpc) is 3.31. The van der Waals surface area contributed by atoms with Gasteiger partial charge in [0.25, 0.3) is 0 Å². The van der Waals surface area contributed by atoms with Crippen molar-refractivity contribution in [3.05, 3.63) is 78.1 Å². The Hall–Kier alpha value is -2.39. The van der Waals surface area contributed by atoms with Crippen LogP contribution in [0.3, 0.4) is 0 Å². The fourth-order valence-electron chi connectivity index (χ4n) is 3.55. The van der Waals surface area contributed by atoms with Crippen LogP contribution in [0.5, 0.6) is 0 Å². The van der Waals surface area contributed by atoms with Crippen LogP contribution in [0.15, 0.2) is 92.1 Å². The molecule has 1 aromatic carbocycles. The first-order valence-electron chi connectivity index (χ1n) is 10.6. The largest absolute Gasteiger partial charge is 0.317 e. The number of hydrogen-bond donors (Lipinski definition) is 2. The molecule has 0 radical (unpaired) electrons. The van der Waals surface area contributed by atoms with E-state index in [2.05, 4.69) is 51.3 Å². The second-order valence-corrected chi connectivity index (χ2v) is 10.5. The predicted molar refractivity (Wildman–Crippen MR) is 133 cm³/mol. The Labute approximate surface area is 200 Å². The summed E-state index contributed by atoms with van der Waals surface area (Å²) in [5, 5.41) is 10.9. The summed E-state index contributed by atoms with van der Waals surface area (Å²) < 4.78 is 0. The Bertz CT molecular complexity index is 1140. The van der Waals surface area contributed by atoms with Crippen molar-refractivity contribution in [2.24, 2.45) is 0 Å². The lowest BCUT2D eigenvalue weighted by Gasteiger charge is -2.20. The summed E-state index contributed by atoms with van der Waals surface area (Å²) in [5.41, 5.74) is 1.19. The third kappa shape index (κ3) is 5.50. The van der Waals surface area contributed by atoms with Crippen LogP contribution in [0.4, 0.5) is 10.9 Å². The standard InChI is InChI=1S/C24H23N5S3/c1-2-6-18(7-3-1)31-21-14-19(32-22-8-4-5-11-26-22)15-27-23(21)29-24-28-20(16-30-24)17-9-12-25-13-10-17/h1-8,11,14-17,25H,9-10,12-13H2,(H,27,28,29). The first kappa shape index (κ1) is 21.5. The molecule has 162 valence electrons. The predicted octanol–water partition coefficient (Wildman–Crippen LogP) is 6.45. The van der Waals surface area contributed by atoms with Crippen molar-refractivity contribution in [2.75, 3.05) is 18.4 Å². The van der Waals surface area contributed by atoms with Crippen LogP contribution in [0.1, 0.15) is 24.5 Å². The Morgan fingerprint density at radius 1 is 0.938 bits per heavy atom. The van der Waals surface area contributed by atoms with Crippen molar-refractivity contribution in [3.63, 3.8) is 0 Å². The van der Waals surface area contributed by atoms with Gasteiger partial charge in [0.15, 0.2) is 5.13 Å². The van der Waals surface area contributed by atoms with Gasteiger partial charge in [0, 0.05) is 33.5 Å². The van der Waals surface area contributed by atoms with Crippen LogP contribution in [0, 0.1) is 0 Å². The third-order valence-electron chi connectivity index (χ3n) is 5.16. The van der Waals surface area contributed by atoms with Gasteiger partial charge in [0.2, 0.25) is 0 Å². The topological polar surface area (TPSA) is 62.7 Å². The van der Waals surface area contributed by atoms with Gasteiger partial charge >= 0.3 is 0 Å². The van der Waals surface area contributed by atoms with Gasteiger partial charge in [0.05, 0.1) is 10.6 Å². The lowest BCUT2D eigenvalue weighted by Crippen LogP contribution is -2.26. The number of piperidine rings is 1. The monoisotopic (exact) mass is 477 g/mol. The molecule has 1 aliphatic rings. The van der Waals surface area contributed by atoms with Gasteiger partial charge in [-0.25, -0.2) is 15.0 Å². The summed E-state index contributed by atoms with van der Waals surface area (Å²) in [6.07, 6.45) is 6.01. The van der Waals surface area contributed by atoms with Crippen LogP contribution < -0.4 is 10.6 Å². The first-order chi connectivity index (χ1) is 15.8. The summed E-state index contributed by atoms with van der Waals surface area (Å²) in [6, 6.07) is 18.5. The van der Waals surface area contributed by atoms with Gasteiger partial charge in [-0.05, 0) is 56.3 Å². The molecule has 0 unspecified atom stereocenters. The van der Waals surface area contributed by atoms with Crippen LogP contribution in [-0.2, 0) is 0 Å². The summed E-state index contributed by atoms with van der Waals surface area (Å²) in [7, 11) is 0. The molecule has 0 atom stereocenters. The van der Waals surface area contributed by atoms with E-state index in [9.17, 15) is 0 Å². The Morgan fingerprint density at radius 3 is 2.59 bits per heavy atom. The summed E-state index contributed by atoms with van der Waals surface area (Å²) in [6.45, 7) is 2.14. The molecule has 0 bridgehead atoms. The molecular formula is C24H23N5S3. The van der Waals surface area contributed by atoms with E-state index >= 15 is 0 Å². The lowest BCUT2D eigenvalue weighted by molar-refractivity contribution is 0.455. The number of nitrogens with one attached hydrogen (secondary N) is 2. The van der Waals surface area contributed by atoms with Gasteiger partial charge in [-0.15, -0.1) is 11.3 Å². The van der Waals surface area contributed by atoms with Gasteiger partial charge < -0.3 is 10.6 Å².